The van der Waals surface area contributed by atoms with E-state index in [1.54, 1.807) is 24.3 Å². The summed E-state index contributed by atoms with van der Waals surface area (Å²) in [5.74, 6) is -0.437. The van der Waals surface area contributed by atoms with E-state index in [0.29, 0.717) is 30.1 Å². The largest absolute Gasteiger partial charge is 0.484 e. The molecule has 1 aliphatic rings. The minimum atomic E-state index is -1.18. The molecule has 2 rings (SSSR count). The Morgan fingerprint density at radius 1 is 1.33 bits per heavy atom. The molecule has 0 unspecified atom stereocenters. The predicted molar refractivity (Wildman–Crippen MR) is 87.4 cm³/mol. The van der Waals surface area contributed by atoms with E-state index in [1.165, 1.54) is 0 Å². The number of carboxylic acids is 1. The van der Waals surface area contributed by atoms with Crippen molar-refractivity contribution in [2.45, 2.75) is 44.6 Å². The number of rotatable bonds is 6. The van der Waals surface area contributed by atoms with Gasteiger partial charge in [0.05, 0.1) is 11.6 Å². The van der Waals surface area contributed by atoms with Crippen LogP contribution in [0.2, 0.25) is 0 Å². The van der Waals surface area contributed by atoms with Crippen LogP contribution in [0.4, 0.5) is 0 Å². The molecule has 128 valence electrons. The Balaban J connectivity index is 1.91. The summed E-state index contributed by atoms with van der Waals surface area (Å²) >= 11 is 0. The lowest BCUT2D eigenvalue weighted by molar-refractivity contribution is -0.150. The van der Waals surface area contributed by atoms with Gasteiger partial charge in [0, 0.05) is 0 Å². The fourth-order valence-electron chi connectivity index (χ4n) is 3.05. The van der Waals surface area contributed by atoms with Crippen LogP contribution in [0.1, 0.15) is 44.6 Å². The van der Waals surface area contributed by atoms with Gasteiger partial charge in [-0.2, -0.15) is 5.26 Å². The maximum Gasteiger partial charge on any atom is 0.329 e. The molecule has 0 aromatic heterocycles. The molecule has 0 saturated heterocycles. The number of carbonyl (C=O) groups excluding carboxylic acids is 1. The zero-order valence-corrected chi connectivity index (χ0v) is 13.7. The fraction of sp³-hybridized carbons (Fsp3) is 0.500. The topological polar surface area (TPSA) is 99.4 Å². The Bertz CT molecular complexity index is 625. The Hall–Kier alpha value is -2.55. The lowest BCUT2D eigenvalue weighted by Crippen LogP contribution is -2.57. The molecule has 1 amide bonds. The van der Waals surface area contributed by atoms with Gasteiger partial charge in [-0.1, -0.05) is 13.3 Å². The van der Waals surface area contributed by atoms with Crippen molar-refractivity contribution in [3.63, 3.8) is 0 Å². The molecule has 0 heterocycles. The molecule has 0 bridgehead atoms. The Kier molecular flexibility index (Phi) is 5.80. The average Bonchev–Trinajstić information content (AvgIpc) is 2.61. The van der Waals surface area contributed by atoms with Crippen molar-refractivity contribution >= 4 is 11.9 Å². The van der Waals surface area contributed by atoms with Crippen molar-refractivity contribution in [2.75, 3.05) is 6.61 Å². The SMILES string of the molecule is CCC1CCC(NC(=O)COc2ccc(C#N)cc2)(C(=O)O)CC1. The number of ether oxygens (including phenoxy) is 1. The van der Waals surface area contributed by atoms with Crippen molar-refractivity contribution in [3.8, 4) is 11.8 Å². The molecule has 0 spiro atoms. The zero-order valence-electron chi connectivity index (χ0n) is 13.7. The number of hydrogen-bond acceptors (Lipinski definition) is 4. The van der Waals surface area contributed by atoms with Gasteiger partial charge < -0.3 is 15.2 Å². The third-order valence-corrected chi connectivity index (χ3v) is 4.68. The standard InChI is InChI=1S/C18H22N2O4/c1-2-13-7-9-18(10-8-13,17(22)23)20-16(21)12-24-15-5-3-14(11-19)4-6-15/h3-6,13H,2,7-10,12H2,1H3,(H,20,21)(H,22,23). The lowest BCUT2D eigenvalue weighted by Gasteiger charge is -2.37. The van der Waals surface area contributed by atoms with Crippen LogP contribution in [0.3, 0.4) is 0 Å². The summed E-state index contributed by atoms with van der Waals surface area (Å²) < 4.78 is 5.36. The van der Waals surface area contributed by atoms with Crippen LogP contribution in [0.5, 0.6) is 5.75 Å². The molecule has 6 heteroatoms. The first-order valence-electron chi connectivity index (χ1n) is 8.16. The second kappa shape index (κ2) is 7.82. The molecule has 2 N–H and O–H groups in total. The number of aliphatic carboxylic acids is 1. The Labute approximate surface area is 141 Å². The van der Waals surface area contributed by atoms with Crippen molar-refractivity contribution in [3.05, 3.63) is 29.8 Å². The van der Waals surface area contributed by atoms with E-state index in [9.17, 15) is 14.7 Å². The van der Waals surface area contributed by atoms with E-state index in [-0.39, 0.29) is 6.61 Å². The molecule has 0 aliphatic heterocycles. The molecule has 1 aromatic carbocycles. The van der Waals surface area contributed by atoms with Gasteiger partial charge in [0.15, 0.2) is 6.61 Å². The van der Waals surface area contributed by atoms with E-state index in [1.807, 2.05) is 6.07 Å². The average molecular weight is 330 g/mol. The van der Waals surface area contributed by atoms with Crippen LogP contribution >= 0.6 is 0 Å². The molecule has 0 atom stereocenters. The van der Waals surface area contributed by atoms with E-state index in [4.69, 9.17) is 10.00 Å². The minimum Gasteiger partial charge on any atom is -0.484 e. The molecule has 24 heavy (non-hydrogen) atoms. The summed E-state index contributed by atoms with van der Waals surface area (Å²) in [7, 11) is 0. The second-order valence-corrected chi connectivity index (χ2v) is 6.21. The molecular weight excluding hydrogens is 308 g/mol. The number of amides is 1. The molecule has 6 nitrogen and oxygen atoms in total. The van der Waals surface area contributed by atoms with Gasteiger partial charge in [0.25, 0.3) is 5.91 Å². The van der Waals surface area contributed by atoms with E-state index >= 15 is 0 Å². The first-order valence-corrected chi connectivity index (χ1v) is 8.16. The van der Waals surface area contributed by atoms with Gasteiger partial charge in [0.1, 0.15) is 11.3 Å². The van der Waals surface area contributed by atoms with Crippen LogP contribution in [0.25, 0.3) is 0 Å². The summed E-state index contributed by atoms with van der Waals surface area (Å²) in [4.78, 5) is 23.8. The van der Waals surface area contributed by atoms with Crippen molar-refractivity contribution < 1.29 is 19.4 Å². The highest BCUT2D eigenvalue weighted by atomic mass is 16.5. The lowest BCUT2D eigenvalue weighted by atomic mass is 9.75. The number of hydrogen-bond donors (Lipinski definition) is 2. The first kappa shape index (κ1) is 17.8. The quantitative estimate of drug-likeness (QED) is 0.834. The van der Waals surface area contributed by atoms with Crippen LogP contribution < -0.4 is 10.1 Å². The molecule has 1 aliphatic carbocycles. The van der Waals surface area contributed by atoms with Gasteiger partial charge in [-0.25, -0.2) is 4.79 Å². The Morgan fingerprint density at radius 2 is 1.96 bits per heavy atom. The predicted octanol–water partition coefficient (Wildman–Crippen LogP) is 2.48. The van der Waals surface area contributed by atoms with Gasteiger partial charge in [0.2, 0.25) is 0 Å². The Morgan fingerprint density at radius 3 is 2.46 bits per heavy atom. The van der Waals surface area contributed by atoms with Crippen LogP contribution in [-0.4, -0.2) is 29.1 Å². The monoisotopic (exact) mass is 330 g/mol. The maximum atomic E-state index is 12.1. The van der Waals surface area contributed by atoms with Gasteiger partial charge in [-0.3, -0.25) is 4.79 Å². The smallest absolute Gasteiger partial charge is 0.329 e. The third kappa shape index (κ3) is 4.25. The van der Waals surface area contributed by atoms with Crippen LogP contribution in [-0.2, 0) is 9.59 Å². The van der Waals surface area contributed by atoms with Crippen molar-refractivity contribution in [2.24, 2.45) is 5.92 Å². The number of carboxylic acid groups (broad SMARTS) is 1. The maximum absolute atomic E-state index is 12.1. The summed E-state index contributed by atoms with van der Waals surface area (Å²) in [5.41, 5.74) is -0.680. The van der Waals surface area contributed by atoms with E-state index in [0.717, 1.165) is 19.3 Å². The van der Waals surface area contributed by atoms with Crippen molar-refractivity contribution in [1.82, 2.24) is 5.32 Å². The minimum absolute atomic E-state index is 0.252. The molecule has 1 saturated carbocycles. The van der Waals surface area contributed by atoms with Crippen molar-refractivity contribution in [1.29, 1.82) is 5.26 Å². The summed E-state index contributed by atoms with van der Waals surface area (Å²) in [6.45, 7) is 1.85. The number of nitriles is 1. The molecular formula is C18H22N2O4. The highest BCUT2D eigenvalue weighted by molar-refractivity contribution is 5.87. The summed E-state index contributed by atoms with van der Waals surface area (Å²) in [6, 6.07) is 8.39. The highest BCUT2D eigenvalue weighted by Gasteiger charge is 2.42. The molecule has 1 fully saturated rings. The van der Waals surface area contributed by atoms with Gasteiger partial charge in [-0.05, 0) is 55.9 Å². The molecule has 1 aromatic rings. The van der Waals surface area contributed by atoms with Crippen LogP contribution in [0, 0.1) is 17.2 Å². The van der Waals surface area contributed by atoms with Gasteiger partial charge in [-0.15, -0.1) is 0 Å². The van der Waals surface area contributed by atoms with Gasteiger partial charge >= 0.3 is 5.97 Å². The fourth-order valence-corrected chi connectivity index (χ4v) is 3.05. The number of nitrogens with zero attached hydrogens (tertiary/aromatic N) is 1. The third-order valence-electron chi connectivity index (χ3n) is 4.68. The number of nitrogens with one attached hydrogen (secondary N) is 1. The van der Waals surface area contributed by atoms with E-state index in [2.05, 4.69) is 12.2 Å². The van der Waals surface area contributed by atoms with Crippen LogP contribution in [0.15, 0.2) is 24.3 Å². The number of carbonyl (C=O) groups is 2. The first-order chi connectivity index (χ1) is 11.5. The normalized spacial score (nSPS) is 23.1. The number of benzene rings is 1. The summed E-state index contributed by atoms with van der Waals surface area (Å²) in [5, 5.41) is 20.9. The second-order valence-electron chi connectivity index (χ2n) is 6.21. The van der Waals surface area contributed by atoms with E-state index < -0.39 is 17.4 Å². The summed E-state index contributed by atoms with van der Waals surface area (Å²) in [6.07, 6.45) is 3.54. The molecule has 0 radical (unpaired) electrons. The zero-order chi connectivity index (χ0) is 17.6. The highest BCUT2D eigenvalue weighted by Crippen LogP contribution is 2.34.